The van der Waals surface area contributed by atoms with Gasteiger partial charge in [-0.3, -0.25) is 15.6 Å². The van der Waals surface area contributed by atoms with Gasteiger partial charge >= 0.3 is 5.97 Å². The molecule has 0 radical (unpaired) electrons. The van der Waals surface area contributed by atoms with Crippen molar-refractivity contribution in [3.8, 4) is 0 Å². The minimum atomic E-state index is -0.476. The zero-order chi connectivity index (χ0) is 18.2. The van der Waals surface area contributed by atoms with E-state index in [0.717, 1.165) is 5.56 Å². The summed E-state index contributed by atoms with van der Waals surface area (Å²) in [5.74, 6) is -1.20. The van der Waals surface area contributed by atoms with E-state index in [4.69, 9.17) is 12.2 Å². The van der Waals surface area contributed by atoms with E-state index in [1.807, 2.05) is 0 Å². The van der Waals surface area contributed by atoms with Crippen molar-refractivity contribution in [1.82, 2.24) is 16.2 Å². The van der Waals surface area contributed by atoms with Crippen LogP contribution in [0.4, 0.5) is 4.39 Å². The van der Waals surface area contributed by atoms with Crippen LogP contribution in [0.25, 0.3) is 0 Å². The van der Waals surface area contributed by atoms with Gasteiger partial charge in [-0.2, -0.15) is 0 Å². The molecule has 0 spiro atoms. The number of halogens is 1. The number of esters is 1. The van der Waals surface area contributed by atoms with E-state index in [1.54, 1.807) is 12.1 Å². The lowest BCUT2D eigenvalue weighted by molar-refractivity contribution is 0.0600. The van der Waals surface area contributed by atoms with Crippen LogP contribution < -0.4 is 16.2 Å². The summed E-state index contributed by atoms with van der Waals surface area (Å²) in [6, 6.07) is 12.0. The number of ether oxygens (including phenoxy) is 1. The SMILES string of the molecule is COC(=O)c1ccc(C(=O)NNC(=S)NCc2ccc(F)cc2)cc1. The summed E-state index contributed by atoms with van der Waals surface area (Å²) in [7, 11) is 1.28. The summed E-state index contributed by atoms with van der Waals surface area (Å²) >= 11 is 5.05. The Morgan fingerprint density at radius 2 is 1.60 bits per heavy atom. The van der Waals surface area contributed by atoms with Crippen LogP contribution in [0.3, 0.4) is 0 Å². The van der Waals surface area contributed by atoms with E-state index in [2.05, 4.69) is 20.9 Å². The smallest absolute Gasteiger partial charge is 0.337 e. The third-order valence-electron chi connectivity index (χ3n) is 3.22. The molecule has 0 unspecified atom stereocenters. The molecule has 0 aromatic heterocycles. The Hall–Kier alpha value is -3.00. The number of hydrazine groups is 1. The Morgan fingerprint density at radius 3 is 2.20 bits per heavy atom. The number of benzene rings is 2. The predicted molar refractivity (Wildman–Crippen MR) is 94.2 cm³/mol. The molecule has 6 nitrogen and oxygen atoms in total. The molecule has 0 fully saturated rings. The van der Waals surface area contributed by atoms with Gasteiger partial charge < -0.3 is 10.1 Å². The molecule has 1 amide bonds. The van der Waals surface area contributed by atoms with E-state index in [1.165, 1.54) is 43.5 Å². The molecule has 8 heteroatoms. The lowest BCUT2D eigenvalue weighted by Gasteiger charge is -2.12. The molecular weight excluding hydrogens is 345 g/mol. The Kier molecular flexibility index (Phi) is 6.41. The van der Waals surface area contributed by atoms with Gasteiger partial charge in [-0.25, -0.2) is 9.18 Å². The van der Waals surface area contributed by atoms with Crippen LogP contribution in [-0.4, -0.2) is 24.1 Å². The summed E-state index contributed by atoms with van der Waals surface area (Å²) in [6.45, 7) is 0.385. The second kappa shape index (κ2) is 8.74. The van der Waals surface area contributed by atoms with Crippen molar-refractivity contribution in [1.29, 1.82) is 0 Å². The molecule has 2 aromatic rings. The highest BCUT2D eigenvalue weighted by atomic mass is 32.1. The van der Waals surface area contributed by atoms with Crippen LogP contribution in [0.5, 0.6) is 0 Å². The van der Waals surface area contributed by atoms with Crippen molar-refractivity contribution >= 4 is 29.2 Å². The fraction of sp³-hybridized carbons (Fsp3) is 0.118. The van der Waals surface area contributed by atoms with Gasteiger partial charge in [0.2, 0.25) is 0 Å². The third kappa shape index (κ3) is 5.54. The zero-order valence-corrected chi connectivity index (χ0v) is 14.2. The normalized spacial score (nSPS) is 9.84. The first-order valence-corrected chi connectivity index (χ1v) is 7.67. The number of rotatable bonds is 4. The number of carbonyl (C=O) groups is 2. The first kappa shape index (κ1) is 18.3. The lowest BCUT2D eigenvalue weighted by Crippen LogP contribution is -2.46. The van der Waals surface area contributed by atoms with Gasteiger partial charge in [-0.1, -0.05) is 12.1 Å². The van der Waals surface area contributed by atoms with Gasteiger partial charge in [0.15, 0.2) is 5.11 Å². The Bertz CT molecular complexity index is 764. The molecule has 0 saturated carbocycles. The van der Waals surface area contributed by atoms with E-state index < -0.39 is 11.9 Å². The third-order valence-corrected chi connectivity index (χ3v) is 3.47. The topological polar surface area (TPSA) is 79.5 Å². The molecule has 2 rings (SSSR count). The van der Waals surface area contributed by atoms with Crippen LogP contribution >= 0.6 is 12.2 Å². The van der Waals surface area contributed by atoms with E-state index in [0.29, 0.717) is 17.7 Å². The van der Waals surface area contributed by atoms with E-state index >= 15 is 0 Å². The fourth-order valence-corrected chi connectivity index (χ4v) is 2.01. The first-order valence-electron chi connectivity index (χ1n) is 7.26. The minimum absolute atomic E-state index is 0.212. The fourth-order valence-electron chi connectivity index (χ4n) is 1.89. The quantitative estimate of drug-likeness (QED) is 0.439. The van der Waals surface area contributed by atoms with Crippen molar-refractivity contribution in [3.05, 3.63) is 71.0 Å². The highest BCUT2D eigenvalue weighted by molar-refractivity contribution is 7.80. The van der Waals surface area contributed by atoms with Crippen LogP contribution in [-0.2, 0) is 11.3 Å². The molecule has 0 aliphatic rings. The Balaban J connectivity index is 1.79. The molecule has 0 aliphatic heterocycles. The van der Waals surface area contributed by atoms with Gasteiger partial charge in [0.05, 0.1) is 12.7 Å². The number of thiocarbonyl (C=S) groups is 1. The summed E-state index contributed by atoms with van der Waals surface area (Å²) < 4.78 is 17.4. The second-order valence-electron chi connectivity index (χ2n) is 4.96. The molecule has 3 N–H and O–H groups in total. The van der Waals surface area contributed by atoms with Crippen LogP contribution in [0, 0.1) is 5.82 Å². The molecule has 2 aromatic carbocycles. The molecular formula is C17H16FN3O3S. The lowest BCUT2D eigenvalue weighted by atomic mass is 10.1. The maximum Gasteiger partial charge on any atom is 0.337 e. The van der Waals surface area contributed by atoms with Crippen LogP contribution in [0.2, 0.25) is 0 Å². The second-order valence-corrected chi connectivity index (χ2v) is 5.37. The average Bonchev–Trinajstić information content (AvgIpc) is 2.65. The summed E-state index contributed by atoms with van der Waals surface area (Å²) in [6.07, 6.45) is 0. The largest absolute Gasteiger partial charge is 0.465 e. The molecule has 0 bridgehead atoms. The summed E-state index contributed by atoms with van der Waals surface area (Å²) in [4.78, 5) is 23.3. The van der Waals surface area contributed by atoms with E-state index in [9.17, 15) is 14.0 Å². The number of nitrogens with one attached hydrogen (secondary N) is 3. The van der Waals surface area contributed by atoms with Crippen molar-refractivity contribution in [2.45, 2.75) is 6.54 Å². The van der Waals surface area contributed by atoms with Crippen molar-refractivity contribution in [3.63, 3.8) is 0 Å². The first-order chi connectivity index (χ1) is 12.0. The standard InChI is InChI=1S/C17H16FN3O3S/c1-24-16(23)13-6-4-12(5-7-13)15(22)20-21-17(25)19-10-11-2-8-14(18)9-3-11/h2-9H,10H2,1H3,(H,20,22)(H2,19,21,25). The minimum Gasteiger partial charge on any atom is -0.465 e. The zero-order valence-electron chi connectivity index (χ0n) is 13.3. The summed E-state index contributed by atoms with van der Waals surface area (Å²) in [5.41, 5.74) is 6.55. The van der Waals surface area contributed by atoms with Gasteiger partial charge in [0.1, 0.15) is 5.82 Å². The number of amides is 1. The number of hydrogen-bond donors (Lipinski definition) is 3. The van der Waals surface area contributed by atoms with Gasteiger partial charge in [0.25, 0.3) is 5.91 Å². The number of carbonyl (C=O) groups excluding carboxylic acids is 2. The van der Waals surface area contributed by atoms with E-state index in [-0.39, 0.29) is 10.9 Å². The average molecular weight is 361 g/mol. The molecule has 0 atom stereocenters. The Labute approximate surface area is 149 Å². The predicted octanol–water partition coefficient (Wildman–Crippen LogP) is 1.92. The maximum atomic E-state index is 12.8. The van der Waals surface area contributed by atoms with Gasteiger partial charge in [-0.05, 0) is 54.2 Å². The molecule has 0 aliphatic carbocycles. The summed E-state index contributed by atoms with van der Waals surface area (Å²) in [5, 5.41) is 3.09. The monoisotopic (exact) mass is 361 g/mol. The van der Waals surface area contributed by atoms with Gasteiger partial charge in [-0.15, -0.1) is 0 Å². The molecule has 25 heavy (non-hydrogen) atoms. The van der Waals surface area contributed by atoms with Crippen molar-refractivity contribution in [2.24, 2.45) is 0 Å². The Morgan fingerprint density at radius 1 is 1.00 bits per heavy atom. The number of hydrogen-bond acceptors (Lipinski definition) is 4. The molecule has 0 saturated heterocycles. The molecule has 130 valence electrons. The highest BCUT2D eigenvalue weighted by Gasteiger charge is 2.09. The molecule has 0 heterocycles. The maximum absolute atomic E-state index is 12.8. The van der Waals surface area contributed by atoms with Crippen LogP contribution in [0.1, 0.15) is 26.3 Å². The number of methoxy groups -OCH3 is 1. The highest BCUT2D eigenvalue weighted by Crippen LogP contribution is 2.05. The van der Waals surface area contributed by atoms with Gasteiger partial charge in [0, 0.05) is 12.1 Å². The van der Waals surface area contributed by atoms with Crippen molar-refractivity contribution < 1.29 is 18.7 Å². The van der Waals surface area contributed by atoms with Crippen molar-refractivity contribution in [2.75, 3.05) is 7.11 Å². The van der Waals surface area contributed by atoms with Crippen LogP contribution in [0.15, 0.2) is 48.5 Å².